The van der Waals surface area contributed by atoms with Crippen molar-refractivity contribution in [1.29, 1.82) is 0 Å². The summed E-state index contributed by atoms with van der Waals surface area (Å²) in [5.41, 5.74) is 0. The predicted molar refractivity (Wildman–Crippen MR) is 82.9 cm³/mol. The molecule has 0 aliphatic carbocycles. The van der Waals surface area contributed by atoms with Crippen molar-refractivity contribution < 1.29 is 9.53 Å². The summed E-state index contributed by atoms with van der Waals surface area (Å²) >= 11 is 3.40. The molecule has 1 heterocycles. The number of ether oxygens (including phenoxy) is 1. The van der Waals surface area contributed by atoms with E-state index in [0.717, 1.165) is 37.2 Å². The SMILES string of the molecule is CCN1CCN(C(=O)C(C)Oc2cccc(Br)c2)CC1. The van der Waals surface area contributed by atoms with Crippen molar-refractivity contribution in [3.8, 4) is 5.75 Å². The third-order valence-electron chi connectivity index (χ3n) is 3.59. The second kappa shape index (κ2) is 7.09. The minimum Gasteiger partial charge on any atom is -0.481 e. The van der Waals surface area contributed by atoms with Crippen LogP contribution in [0.4, 0.5) is 0 Å². The molecule has 5 heteroatoms. The van der Waals surface area contributed by atoms with E-state index in [1.807, 2.05) is 36.1 Å². The molecule has 1 aliphatic rings. The van der Waals surface area contributed by atoms with Gasteiger partial charge in [0.15, 0.2) is 6.10 Å². The lowest BCUT2D eigenvalue weighted by Gasteiger charge is -2.35. The lowest BCUT2D eigenvalue weighted by atomic mass is 10.2. The van der Waals surface area contributed by atoms with Crippen molar-refractivity contribution in [2.24, 2.45) is 0 Å². The summed E-state index contributed by atoms with van der Waals surface area (Å²) in [5, 5.41) is 0. The number of piperazine rings is 1. The smallest absolute Gasteiger partial charge is 0.263 e. The van der Waals surface area contributed by atoms with Crippen LogP contribution >= 0.6 is 15.9 Å². The number of rotatable bonds is 4. The van der Waals surface area contributed by atoms with Crippen LogP contribution in [0.15, 0.2) is 28.7 Å². The van der Waals surface area contributed by atoms with Crippen LogP contribution in [0, 0.1) is 0 Å². The number of halogens is 1. The Balaban J connectivity index is 1.89. The second-order valence-corrected chi connectivity index (χ2v) is 5.89. The van der Waals surface area contributed by atoms with Gasteiger partial charge in [-0.2, -0.15) is 0 Å². The van der Waals surface area contributed by atoms with Gasteiger partial charge in [0.05, 0.1) is 0 Å². The molecule has 0 spiro atoms. The first-order valence-corrected chi connectivity index (χ1v) is 7.83. The number of hydrogen-bond donors (Lipinski definition) is 0. The lowest BCUT2D eigenvalue weighted by molar-refractivity contribution is -0.139. The van der Waals surface area contributed by atoms with Crippen molar-refractivity contribution in [2.75, 3.05) is 32.7 Å². The fourth-order valence-corrected chi connectivity index (χ4v) is 2.71. The Morgan fingerprint density at radius 1 is 1.35 bits per heavy atom. The first kappa shape index (κ1) is 15.3. The summed E-state index contributed by atoms with van der Waals surface area (Å²) in [4.78, 5) is 16.6. The first-order valence-electron chi connectivity index (χ1n) is 7.03. The normalized spacial score (nSPS) is 17.9. The van der Waals surface area contributed by atoms with E-state index in [-0.39, 0.29) is 5.91 Å². The standard InChI is InChI=1S/C15H21BrN2O2/c1-3-17-7-9-18(10-8-17)15(19)12(2)20-14-6-4-5-13(16)11-14/h4-6,11-12H,3,7-10H2,1-2H3. The highest BCUT2D eigenvalue weighted by Crippen LogP contribution is 2.19. The van der Waals surface area contributed by atoms with Gasteiger partial charge in [-0.05, 0) is 31.7 Å². The largest absolute Gasteiger partial charge is 0.481 e. The maximum absolute atomic E-state index is 12.4. The molecule has 0 aromatic heterocycles. The van der Waals surface area contributed by atoms with E-state index in [4.69, 9.17) is 4.74 Å². The molecule has 0 N–H and O–H groups in total. The Bertz CT molecular complexity index is 459. The van der Waals surface area contributed by atoms with Crippen LogP contribution in [0.2, 0.25) is 0 Å². The quantitative estimate of drug-likeness (QED) is 0.843. The molecule has 1 saturated heterocycles. The molecule has 1 aromatic rings. The summed E-state index contributed by atoms with van der Waals surface area (Å²) in [6, 6.07) is 7.57. The van der Waals surface area contributed by atoms with Crippen molar-refractivity contribution in [2.45, 2.75) is 20.0 Å². The number of likely N-dealkylation sites (N-methyl/N-ethyl adjacent to an activating group) is 1. The molecular weight excluding hydrogens is 320 g/mol. The van der Waals surface area contributed by atoms with E-state index in [0.29, 0.717) is 5.75 Å². The van der Waals surface area contributed by atoms with Gasteiger partial charge in [-0.1, -0.05) is 28.9 Å². The molecule has 0 bridgehead atoms. The summed E-state index contributed by atoms with van der Waals surface area (Å²) in [7, 11) is 0. The van der Waals surface area contributed by atoms with Gasteiger partial charge >= 0.3 is 0 Å². The van der Waals surface area contributed by atoms with Crippen LogP contribution < -0.4 is 4.74 Å². The zero-order chi connectivity index (χ0) is 14.5. The van der Waals surface area contributed by atoms with Crippen LogP contribution in [0.1, 0.15) is 13.8 Å². The molecule has 110 valence electrons. The van der Waals surface area contributed by atoms with Crippen molar-refractivity contribution in [3.63, 3.8) is 0 Å². The molecule has 1 aliphatic heterocycles. The Morgan fingerprint density at radius 2 is 2.05 bits per heavy atom. The molecule has 20 heavy (non-hydrogen) atoms. The number of carbonyl (C=O) groups excluding carboxylic acids is 1. The number of carbonyl (C=O) groups is 1. The van der Waals surface area contributed by atoms with Gasteiger partial charge in [0, 0.05) is 30.7 Å². The molecule has 4 nitrogen and oxygen atoms in total. The van der Waals surface area contributed by atoms with Gasteiger partial charge in [-0.15, -0.1) is 0 Å². The van der Waals surface area contributed by atoms with Gasteiger partial charge in [0.25, 0.3) is 5.91 Å². The maximum Gasteiger partial charge on any atom is 0.263 e. The third-order valence-corrected chi connectivity index (χ3v) is 4.08. The molecular formula is C15H21BrN2O2. The summed E-state index contributed by atoms with van der Waals surface area (Å²) in [5.74, 6) is 0.785. The molecule has 1 aromatic carbocycles. The van der Waals surface area contributed by atoms with Gasteiger partial charge < -0.3 is 14.5 Å². The van der Waals surface area contributed by atoms with Crippen LogP contribution in [-0.2, 0) is 4.79 Å². The lowest BCUT2D eigenvalue weighted by Crippen LogP contribution is -2.51. The van der Waals surface area contributed by atoms with Crippen LogP contribution in [0.5, 0.6) is 5.75 Å². The van der Waals surface area contributed by atoms with Gasteiger partial charge in [0.2, 0.25) is 0 Å². The molecule has 1 amide bonds. The number of hydrogen-bond acceptors (Lipinski definition) is 3. The highest BCUT2D eigenvalue weighted by atomic mass is 79.9. The highest BCUT2D eigenvalue weighted by molar-refractivity contribution is 9.10. The monoisotopic (exact) mass is 340 g/mol. The number of benzene rings is 1. The van der Waals surface area contributed by atoms with E-state index in [2.05, 4.69) is 27.8 Å². The third kappa shape index (κ3) is 3.96. The minimum absolute atomic E-state index is 0.0701. The summed E-state index contributed by atoms with van der Waals surface area (Å²) < 4.78 is 6.68. The van der Waals surface area contributed by atoms with Gasteiger partial charge in [-0.25, -0.2) is 0 Å². The van der Waals surface area contributed by atoms with Crippen LogP contribution in [0.3, 0.4) is 0 Å². The van der Waals surface area contributed by atoms with Crippen molar-refractivity contribution in [1.82, 2.24) is 9.80 Å². The highest BCUT2D eigenvalue weighted by Gasteiger charge is 2.25. The molecule has 1 fully saturated rings. The maximum atomic E-state index is 12.4. The van der Waals surface area contributed by atoms with E-state index in [9.17, 15) is 4.79 Å². The average Bonchev–Trinajstić information content (AvgIpc) is 2.46. The zero-order valence-corrected chi connectivity index (χ0v) is 13.6. The van der Waals surface area contributed by atoms with Gasteiger partial charge in [-0.3, -0.25) is 4.79 Å². The summed E-state index contributed by atoms with van der Waals surface area (Å²) in [6.45, 7) is 8.49. The first-order chi connectivity index (χ1) is 9.60. The van der Waals surface area contributed by atoms with E-state index in [1.165, 1.54) is 0 Å². The molecule has 1 atom stereocenters. The minimum atomic E-state index is -0.447. The van der Waals surface area contributed by atoms with E-state index in [1.54, 1.807) is 0 Å². The van der Waals surface area contributed by atoms with Crippen molar-refractivity contribution >= 4 is 21.8 Å². The number of amides is 1. The Hall–Kier alpha value is -1.07. The van der Waals surface area contributed by atoms with Crippen LogP contribution in [-0.4, -0.2) is 54.5 Å². The fraction of sp³-hybridized carbons (Fsp3) is 0.533. The Morgan fingerprint density at radius 3 is 2.65 bits per heavy atom. The van der Waals surface area contributed by atoms with Gasteiger partial charge in [0.1, 0.15) is 5.75 Å². The van der Waals surface area contributed by atoms with E-state index >= 15 is 0 Å². The number of nitrogens with zero attached hydrogens (tertiary/aromatic N) is 2. The predicted octanol–water partition coefficient (Wildman–Crippen LogP) is 2.38. The topological polar surface area (TPSA) is 32.8 Å². The molecule has 1 unspecified atom stereocenters. The molecule has 0 saturated carbocycles. The summed E-state index contributed by atoms with van der Waals surface area (Å²) in [6.07, 6.45) is -0.447. The Labute approximate surface area is 128 Å². The van der Waals surface area contributed by atoms with Crippen molar-refractivity contribution in [3.05, 3.63) is 28.7 Å². The van der Waals surface area contributed by atoms with Crippen LogP contribution in [0.25, 0.3) is 0 Å². The molecule has 0 radical (unpaired) electrons. The van der Waals surface area contributed by atoms with E-state index < -0.39 is 6.10 Å². The fourth-order valence-electron chi connectivity index (χ4n) is 2.34. The Kier molecular flexibility index (Phi) is 5.43. The zero-order valence-electron chi connectivity index (χ0n) is 12.0. The molecule has 2 rings (SSSR count). The second-order valence-electron chi connectivity index (χ2n) is 4.98. The average molecular weight is 341 g/mol.